The van der Waals surface area contributed by atoms with Crippen molar-refractivity contribution in [1.29, 1.82) is 0 Å². The third kappa shape index (κ3) is 4.15. The molecule has 78 valence electrons. The molecule has 0 amide bonds. The van der Waals surface area contributed by atoms with Crippen molar-refractivity contribution in [3.8, 4) is 0 Å². The van der Waals surface area contributed by atoms with Crippen LogP contribution >= 0.6 is 23.2 Å². The minimum absolute atomic E-state index is 0.0858. The first-order chi connectivity index (χ1) is 5.80. The fourth-order valence-corrected chi connectivity index (χ4v) is 0.956. The van der Waals surface area contributed by atoms with Gasteiger partial charge in [0.25, 0.3) is 5.78 Å². The minimum Gasteiger partial charge on any atom is -0.361 e. The second-order valence-electron chi connectivity index (χ2n) is 2.07. The highest BCUT2D eigenvalue weighted by Crippen LogP contribution is 2.24. The number of ether oxygens (including phenoxy) is 1. The van der Waals surface area contributed by atoms with Crippen LogP contribution in [0.4, 0.5) is 13.2 Å². The molecule has 7 heteroatoms. The van der Waals surface area contributed by atoms with E-state index in [0.29, 0.717) is 0 Å². The van der Waals surface area contributed by atoms with Gasteiger partial charge in [-0.2, -0.15) is 13.2 Å². The lowest BCUT2D eigenvalue weighted by molar-refractivity contribution is -0.172. The molecule has 0 heterocycles. The minimum atomic E-state index is -4.98. The van der Waals surface area contributed by atoms with Crippen LogP contribution in [0.1, 0.15) is 6.92 Å². The molecule has 0 aliphatic carbocycles. The van der Waals surface area contributed by atoms with Crippen LogP contribution in [0.25, 0.3) is 0 Å². The number of ketones is 1. The fraction of sp³-hybridized carbons (Fsp3) is 0.833. The molecule has 0 aromatic carbocycles. The molecule has 0 spiro atoms. The summed E-state index contributed by atoms with van der Waals surface area (Å²) in [5, 5.41) is -1.90. The van der Waals surface area contributed by atoms with Crippen molar-refractivity contribution in [3.05, 3.63) is 0 Å². The molecule has 2 nitrogen and oxygen atoms in total. The maximum atomic E-state index is 11.8. The molecule has 0 rings (SSSR count). The van der Waals surface area contributed by atoms with Gasteiger partial charge in [-0.25, -0.2) is 0 Å². The lowest BCUT2D eigenvalue weighted by Gasteiger charge is -2.15. The van der Waals surface area contributed by atoms with Crippen LogP contribution in [0.5, 0.6) is 0 Å². The summed E-state index contributed by atoms with van der Waals surface area (Å²) in [4.78, 5) is 10.5. The van der Waals surface area contributed by atoms with Gasteiger partial charge in [-0.1, -0.05) is 11.6 Å². The third-order valence-electron chi connectivity index (χ3n) is 1.09. The summed E-state index contributed by atoms with van der Waals surface area (Å²) in [6.07, 6.45) is -4.98. The van der Waals surface area contributed by atoms with Crippen LogP contribution < -0.4 is 0 Å². The number of hydrogen-bond acceptors (Lipinski definition) is 2. The van der Waals surface area contributed by atoms with Gasteiger partial charge in [0, 0.05) is 6.61 Å². The Labute approximate surface area is 82.9 Å². The van der Waals surface area contributed by atoms with Gasteiger partial charge < -0.3 is 4.74 Å². The van der Waals surface area contributed by atoms with E-state index in [0.717, 1.165) is 0 Å². The van der Waals surface area contributed by atoms with E-state index in [2.05, 4.69) is 4.74 Å². The molecule has 0 aliphatic heterocycles. The summed E-state index contributed by atoms with van der Waals surface area (Å²) in [5.41, 5.74) is -1.46. The number of rotatable bonds is 4. The molecular formula is C6H7Cl2F3O2. The first-order valence-electron chi connectivity index (χ1n) is 3.31. The Kier molecular flexibility index (Phi) is 5.02. The molecule has 0 aromatic rings. The predicted octanol–water partition coefficient (Wildman–Crippen LogP) is 2.33. The standard InChI is InChI=1S/C6H7Cl2F3O2/c1-2-13-5(8)3(7)4(12)6(9,10)11/h3,5H,2H2,1H3. The highest BCUT2D eigenvalue weighted by atomic mass is 35.5. The zero-order valence-corrected chi connectivity index (χ0v) is 8.08. The summed E-state index contributed by atoms with van der Waals surface area (Å²) >= 11 is 10.4. The summed E-state index contributed by atoms with van der Waals surface area (Å²) < 4.78 is 39.8. The van der Waals surface area contributed by atoms with E-state index in [4.69, 9.17) is 23.2 Å². The van der Waals surface area contributed by atoms with Crippen molar-refractivity contribution in [2.24, 2.45) is 0 Å². The first kappa shape index (κ1) is 13.0. The normalized spacial score (nSPS) is 16.8. The van der Waals surface area contributed by atoms with Crippen LogP contribution in [0.2, 0.25) is 0 Å². The zero-order valence-electron chi connectivity index (χ0n) is 6.57. The SMILES string of the molecule is CCOC(Cl)C(Cl)C(=O)C(F)(F)F. The molecule has 13 heavy (non-hydrogen) atoms. The van der Waals surface area contributed by atoms with Gasteiger partial charge >= 0.3 is 6.18 Å². The van der Waals surface area contributed by atoms with Crippen LogP contribution in [0, 0.1) is 0 Å². The van der Waals surface area contributed by atoms with Gasteiger partial charge in [0.1, 0.15) is 5.38 Å². The lowest BCUT2D eigenvalue weighted by atomic mass is 10.3. The van der Waals surface area contributed by atoms with Crippen molar-refractivity contribution >= 4 is 29.0 Å². The fourth-order valence-electron chi connectivity index (χ4n) is 0.519. The molecule has 0 N–H and O–H groups in total. The van der Waals surface area contributed by atoms with E-state index in [1.165, 1.54) is 6.92 Å². The molecule has 0 fully saturated rings. The van der Waals surface area contributed by atoms with Crippen molar-refractivity contribution < 1.29 is 22.7 Å². The van der Waals surface area contributed by atoms with Crippen LogP contribution in [-0.2, 0) is 9.53 Å². The smallest absolute Gasteiger partial charge is 0.361 e. The molecule has 0 saturated carbocycles. The van der Waals surface area contributed by atoms with Crippen LogP contribution in [0.3, 0.4) is 0 Å². The highest BCUT2D eigenvalue weighted by molar-refractivity contribution is 6.37. The van der Waals surface area contributed by atoms with Crippen LogP contribution in [0.15, 0.2) is 0 Å². The summed E-state index contributed by atoms with van der Waals surface area (Å²) in [7, 11) is 0. The van der Waals surface area contributed by atoms with Gasteiger partial charge in [-0.15, -0.1) is 11.6 Å². The molecule has 2 atom stereocenters. The maximum absolute atomic E-state index is 11.8. The van der Waals surface area contributed by atoms with E-state index < -0.39 is 22.9 Å². The van der Waals surface area contributed by atoms with E-state index in [-0.39, 0.29) is 6.61 Å². The van der Waals surface area contributed by atoms with Crippen molar-refractivity contribution in [2.75, 3.05) is 6.61 Å². The molecular weight excluding hydrogens is 232 g/mol. The monoisotopic (exact) mass is 238 g/mol. The van der Waals surface area contributed by atoms with Gasteiger partial charge in [-0.3, -0.25) is 4.79 Å². The quantitative estimate of drug-likeness (QED) is 0.703. The Balaban J connectivity index is 4.26. The van der Waals surface area contributed by atoms with Gasteiger partial charge in [0.15, 0.2) is 5.56 Å². The number of alkyl halides is 5. The Hall–Kier alpha value is -0.000000000000000111. The summed E-state index contributed by atoms with van der Waals surface area (Å²) in [5.74, 6) is -2.09. The summed E-state index contributed by atoms with van der Waals surface area (Å²) in [6.45, 7) is 1.61. The highest BCUT2D eigenvalue weighted by Gasteiger charge is 2.45. The number of carbonyl (C=O) groups is 1. The average molecular weight is 239 g/mol. The Morgan fingerprint density at radius 3 is 2.23 bits per heavy atom. The first-order valence-corrected chi connectivity index (χ1v) is 4.18. The largest absolute Gasteiger partial charge is 0.451 e. The van der Waals surface area contributed by atoms with Gasteiger partial charge in [0.05, 0.1) is 0 Å². The Morgan fingerprint density at radius 2 is 1.92 bits per heavy atom. The second-order valence-corrected chi connectivity index (χ2v) is 2.97. The Bertz CT molecular complexity index is 183. The third-order valence-corrected chi connectivity index (χ3v) is 2.02. The van der Waals surface area contributed by atoms with Gasteiger partial charge in [0.2, 0.25) is 0 Å². The second kappa shape index (κ2) is 5.02. The lowest BCUT2D eigenvalue weighted by Crippen LogP contribution is -2.37. The van der Waals surface area contributed by atoms with Crippen molar-refractivity contribution in [2.45, 2.75) is 24.0 Å². The number of carbonyl (C=O) groups excluding carboxylic acids is 1. The summed E-state index contributed by atoms with van der Waals surface area (Å²) in [6, 6.07) is 0. The average Bonchev–Trinajstić information content (AvgIpc) is 2.00. The predicted molar refractivity (Wildman–Crippen MR) is 42.0 cm³/mol. The molecule has 0 bridgehead atoms. The molecule has 0 aliphatic rings. The maximum Gasteiger partial charge on any atom is 0.451 e. The Morgan fingerprint density at radius 1 is 1.46 bits per heavy atom. The van der Waals surface area contributed by atoms with Crippen molar-refractivity contribution in [1.82, 2.24) is 0 Å². The van der Waals surface area contributed by atoms with Gasteiger partial charge in [-0.05, 0) is 6.92 Å². The van der Waals surface area contributed by atoms with E-state index in [1.54, 1.807) is 0 Å². The molecule has 0 saturated heterocycles. The number of Topliss-reactive ketones (excluding diaryl/α,β-unsaturated/α-hetero) is 1. The molecule has 0 radical (unpaired) electrons. The molecule has 2 unspecified atom stereocenters. The topological polar surface area (TPSA) is 26.3 Å². The van der Waals surface area contributed by atoms with E-state index >= 15 is 0 Å². The van der Waals surface area contributed by atoms with E-state index in [1.807, 2.05) is 0 Å². The van der Waals surface area contributed by atoms with Crippen LogP contribution in [-0.4, -0.2) is 29.5 Å². The van der Waals surface area contributed by atoms with E-state index in [9.17, 15) is 18.0 Å². The zero-order chi connectivity index (χ0) is 10.6. The van der Waals surface area contributed by atoms with Crippen molar-refractivity contribution in [3.63, 3.8) is 0 Å². The number of hydrogen-bond donors (Lipinski definition) is 0. The number of halogens is 5. The molecule has 0 aromatic heterocycles.